The van der Waals surface area contributed by atoms with Crippen LogP contribution in [0.5, 0.6) is 0 Å². The number of nitrogens with one attached hydrogen (secondary N) is 2. The minimum atomic E-state index is -4.44. The molecular formula is C19H24F4IN5S. The number of nitrogens with zero attached hydrogens (tertiary/aromatic N) is 3. The van der Waals surface area contributed by atoms with Crippen LogP contribution in [0.15, 0.2) is 34.6 Å². The first-order valence-corrected chi connectivity index (χ1v) is 10.3. The van der Waals surface area contributed by atoms with Crippen LogP contribution in [0, 0.1) is 5.82 Å². The predicted molar refractivity (Wildman–Crippen MR) is 122 cm³/mol. The molecule has 1 aromatic carbocycles. The zero-order valence-electron chi connectivity index (χ0n) is 16.4. The Morgan fingerprint density at radius 1 is 1.37 bits per heavy atom. The molecule has 2 aromatic rings. The standard InChI is InChI=1S/C19H23F4N5S.HI/c1-2-24-18(25-10-17-27-16(12-29-17)19(21,22)23)26-14-6-4-8-28(11-14)15-7-3-5-13(20)9-15;/h3,5,7,9,12,14H,2,4,6,8,10-11H2,1H3,(H2,24,25,26);1H. The molecule has 1 aliphatic heterocycles. The summed E-state index contributed by atoms with van der Waals surface area (Å²) in [7, 11) is 0. The van der Waals surface area contributed by atoms with Crippen LogP contribution in [-0.2, 0) is 12.7 Å². The Balaban J connectivity index is 0.00000320. The summed E-state index contributed by atoms with van der Waals surface area (Å²) in [4.78, 5) is 10.1. The normalized spacial score (nSPS) is 17.4. The number of rotatable bonds is 5. The van der Waals surface area contributed by atoms with E-state index in [2.05, 4.69) is 25.5 Å². The van der Waals surface area contributed by atoms with Crippen LogP contribution in [0.25, 0.3) is 0 Å². The molecule has 0 bridgehead atoms. The van der Waals surface area contributed by atoms with Crippen LogP contribution in [0.1, 0.15) is 30.5 Å². The molecule has 2 N–H and O–H groups in total. The number of piperidine rings is 1. The minimum absolute atomic E-state index is 0. The van der Waals surface area contributed by atoms with E-state index in [1.807, 2.05) is 13.0 Å². The van der Waals surface area contributed by atoms with Gasteiger partial charge in [-0.3, -0.25) is 0 Å². The molecule has 1 unspecified atom stereocenters. The Bertz CT molecular complexity index is 842. The number of aromatic nitrogens is 1. The van der Waals surface area contributed by atoms with Crippen molar-refractivity contribution in [2.24, 2.45) is 4.99 Å². The number of hydrogen-bond donors (Lipinski definition) is 2. The summed E-state index contributed by atoms with van der Waals surface area (Å²) in [6.07, 6.45) is -2.58. The maximum atomic E-state index is 13.5. The highest BCUT2D eigenvalue weighted by Crippen LogP contribution is 2.30. The van der Waals surface area contributed by atoms with Gasteiger partial charge in [-0.05, 0) is 38.0 Å². The number of aliphatic imine (C=N–C) groups is 1. The van der Waals surface area contributed by atoms with E-state index in [9.17, 15) is 17.6 Å². The molecule has 0 radical (unpaired) electrons. The van der Waals surface area contributed by atoms with Gasteiger partial charge in [-0.15, -0.1) is 35.3 Å². The number of hydrogen-bond acceptors (Lipinski definition) is 4. The van der Waals surface area contributed by atoms with Gasteiger partial charge in [0, 0.05) is 36.7 Å². The summed E-state index contributed by atoms with van der Waals surface area (Å²) in [5.74, 6) is 0.261. The lowest BCUT2D eigenvalue weighted by Crippen LogP contribution is -2.51. The number of benzene rings is 1. The first kappa shape index (κ1) is 24.6. The molecule has 11 heteroatoms. The van der Waals surface area contributed by atoms with Gasteiger partial charge in [0.1, 0.15) is 10.8 Å². The molecule has 0 aliphatic carbocycles. The molecular weight excluding hydrogens is 533 g/mol. The second kappa shape index (κ2) is 11.1. The number of alkyl halides is 3. The van der Waals surface area contributed by atoms with E-state index >= 15 is 0 Å². The first-order valence-electron chi connectivity index (χ1n) is 9.42. The van der Waals surface area contributed by atoms with Crippen LogP contribution >= 0.6 is 35.3 Å². The highest BCUT2D eigenvalue weighted by molar-refractivity contribution is 14.0. The molecule has 166 valence electrons. The predicted octanol–water partition coefficient (Wildman–Crippen LogP) is 4.64. The molecule has 0 spiro atoms. The zero-order valence-corrected chi connectivity index (χ0v) is 19.5. The summed E-state index contributed by atoms with van der Waals surface area (Å²) in [5, 5.41) is 7.76. The third-order valence-electron chi connectivity index (χ3n) is 4.49. The van der Waals surface area contributed by atoms with Crippen LogP contribution in [-0.4, -0.2) is 36.6 Å². The molecule has 30 heavy (non-hydrogen) atoms. The van der Waals surface area contributed by atoms with Crippen LogP contribution < -0.4 is 15.5 Å². The fourth-order valence-corrected chi connectivity index (χ4v) is 3.90. The van der Waals surface area contributed by atoms with E-state index in [0.717, 1.165) is 41.8 Å². The van der Waals surface area contributed by atoms with Gasteiger partial charge in [0.25, 0.3) is 0 Å². The Morgan fingerprint density at radius 3 is 2.83 bits per heavy atom. The lowest BCUT2D eigenvalue weighted by molar-refractivity contribution is -0.140. The fourth-order valence-electron chi connectivity index (χ4n) is 3.18. The van der Waals surface area contributed by atoms with E-state index in [4.69, 9.17) is 0 Å². The van der Waals surface area contributed by atoms with Gasteiger partial charge in [-0.2, -0.15) is 13.2 Å². The van der Waals surface area contributed by atoms with Gasteiger partial charge in [-0.25, -0.2) is 14.4 Å². The highest BCUT2D eigenvalue weighted by atomic mass is 127. The SMILES string of the molecule is CCNC(=NCc1nc(C(F)(F)F)cs1)NC1CCCN(c2cccc(F)c2)C1.I. The summed E-state index contributed by atoms with van der Waals surface area (Å²) in [6, 6.07) is 6.60. The summed E-state index contributed by atoms with van der Waals surface area (Å²) in [5.41, 5.74) is -0.0513. The van der Waals surface area contributed by atoms with Crippen molar-refractivity contribution in [1.82, 2.24) is 15.6 Å². The van der Waals surface area contributed by atoms with E-state index in [1.165, 1.54) is 12.1 Å². The van der Waals surface area contributed by atoms with Gasteiger partial charge < -0.3 is 15.5 Å². The molecule has 1 fully saturated rings. The summed E-state index contributed by atoms with van der Waals surface area (Å²) in [6.45, 7) is 4.13. The molecule has 1 aliphatic rings. The van der Waals surface area contributed by atoms with Crippen molar-refractivity contribution in [1.29, 1.82) is 0 Å². The van der Waals surface area contributed by atoms with Crippen molar-refractivity contribution in [3.05, 3.63) is 46.2 Å². The maximum Gasteiger partial charge on any atom is 0.434 e. The van der Waals surface area contributed by atoms with E-state index in [-0.39, 0.29) is 42.4 Å². The van der Waals surface area contributed by atoms with E-state index < -0.39 is 11.9 Å². The van der Waals surface area contributed by atoms with Crippen molar-refractivity contribution < 1.29 is 17.6 Å². The summed E-state index contributed by atoms with van der Waals surface area (Å²) >= 11 is 0.944. The average molecular weight is 557 g/mol. The largest absolute Gasteiger partial charge is 0.434 e. The molecule has 5 nitrogen and oxygen atoms in total. The smallest absolute Gasteiger partial charge is 0.369 e. The molecule has 0 saturated carbocycles. The molecule has 2 heterocycles. The number of thiazole rings is 1. The molecule has 1 saturated heterocycles. The Kier molecular flexibility index (Phi) is 9.13. The van der Waals surface area contributed by atoms with Crippen molar-refractivity contribution in [3.63, 3.8) is 0 Å². The molecule has 1 atom stereocenters. The Morgan fingerprint density at radius 2 is 2.17 bits per heavy atom. The Labute approximate surface area is 194 Å². The third-order valence-corrected chi connectivity index (χ3v) is 5.33. The van der Waals surface area contributed by atoms with Crippen molar-refractivity contribution in [2.75, 3.05) is 24.5 Å². The first-order chi connectivity index (χ1) is 13.8. The average Bonchev–Trinajstić information content (AvgIpc) is 3.16. The van der Waals surface area contributed by atoms with Crippen LogP contribution in [0.3, 0.4) is 0 Å². The van der Waals surface area contributed by atoms with E-state index in [1.54, 1.807) is 6.07 Å². The Hall–Kier alpha value is -1.63. The van der Waals surface area contributed by atoms with Crippen LogP contribution in [0.4, 0.5) is 23.2 Å². The van der Waals surface area contributed by atoms with E-state index in [0.29, 0.717) is 24.1 Å². The number of halogens is 5. The second-order valence-corrected chi connectivity index (χ2v) is 7.67. The topological polar surface area (TPSA) is 52.6 Å². The third kappa shape index (κ3) is 6.96. The fraction of sp³-hybridized carbons (Fsp3) is 0.474. The second-order valence-electron chi connectivity index (χ2n) is 6.73. The van der Waals surface area contributed by atoms with Gasteiger partial charge in [0.05, 0.1) is 6.54 Å². The zero-order chi connectivity index (χ0) is 20.9. The number of guanidine groups is 1. The van der Waals surface area contributed by atoms with Gasteiger partial charge in [0.15, 0.2) is 11.7 Å². The molecule has 3 rings (SSSR count). The van der Waals surface area contributed by atoms with Crippen molar-refractivity contribution in [3.8, 4) is 0 Å². The maximum absolute atomic E-state index is 13.5. The van der Waals surface area contributed by atoms with Crippen molar-refractivity contribution >= 4 is 47.0 Å². The van der Waals surface area contributed by atoms with Crippen LogP contribution in [0.2, 0.25) is 0 Å². The monoisotopic (exact) mass is 557 g/mol. The molecule has 1 aromatic heterocycles. The molecule has 0 amide bonds. The summed E-state index contributed by atoms with van der Waals surface area (Å²) < 4.78 is 51.6. The lowest BCUT2D eigenvalue weighted by Gasteiger charge is -2.35. The lowest BCUT2D eigenvalue weighted by atomic mass is 10.0. The highest BCUT2D eigenvalue weighted by Gasteiger charge is 2.33. The van der Waals surface area contributed by atoms with Gasteiger partial charge >= 0.3 is 6.18 Å². The quantitative estimate of drug-likeness (QED) is 0.244. The van der Waals surface area contributed by atoms with Gasteiger partial charge in [0.2, 0.25) is 0 Å². The van der Waals surface area contributed by atoms with Gasteiger partial charge in [-0.1, -0.05) is 6.07 Å². The minimum Gasteiger partial charge on any atom is -0.369 e. The number of anilines is 1. The van der Waals surface area contributed by atoms with Crippen molar-refractivity contribution in [2.45, 2.75) is 38.5 Å².